The minimum Gasteiger partial charge on any atom is -0.508 e. The van der Waals surface area contributed by atoms with Crippen molar-refractivity contribution < 1.29 is 19.0 Å². The van der Waals surface area contributed by atoms with Gasteiger partial charge < -0.3 is 25.8 Å². The van der Waals surface area contributed by atoms with E-state index in [4.69, 9.17) is 10.5 Å². The third kappa shape index (κ3) is 4.65. The van der Waals surface area contributed by atoms with Gasteiger partial charge in [0, 0.05) is 30.9 Å². The smallest absolute Gasteiger partial charge is 0.318 e. The fourth-order valence-corrected chi connectivity index (χ4v) is 5.96. The zero-order valence-electron chi connectivity index (χ0n) is 22.3. The number of carbonyl (C=O) groups excluding carboxylic acids is 1. The number of nitrogens with one attached hydrogen (secondary N) is 2. The lowest BCUT2D eigenvalue weighted by Gasteiger charge is -2.40. The predicted molar refractivity (Wildman–Crippen MR) is 151 cm³/mol. The first-order chi connectivity index (χ1) is 19.4. The highest BCUT2D eigenvalue weighted by molar-refractivity contribution is 6.00. The summed E-state index contributed by atoms with van der Waals surface area (Å²) in [4.78, 5) is 27.4. The lowest BCUT2D eigenvalue weighted by molar-refractivity contribution is -0.123. The number of aromatic hydroxyl groups is 1. The van der Waals surface area contributed by atoms with Crippen LogP contribution in [0.3, 0.4) is 0 Å². The number of phenolic OH excluding ortho intramolecular Hbond substituents is 1. The Morgan fingerprint density at radius 2 is 2.00 bits per heavy atom. The third-order valence-electron chi connectivity index (χ3n) is 7.96. The molecule has 0 aliphatic carbocycles. The summed E-state index contributed by atoms with van der Waals surface area (Å²) >= 11 is 0. The number of nitrogens with two attached hydrogens (primary N) is 1. The number of aromatic nitrogens is 3. The maximum absolute atomic E-state index is 16.1. The molecule has 7 rings (SSSR count). The summed E-state index contributed by atoms with van der Waals surface area (Å²) in [7, 11) is 1.42. The van der Waals surface area contributed by atoms with E-state index in [2.05, 4.69) is 25.6 Å². The molecule has 5 heterocycles. The van der Waals surface area contributed by atoms with Gasteiger partial charge in [-0.15, -0.1) is 0 Å². The topological polar surface area (TPSA) is 139 Å². The van der Waals surface area contributed by atoms with E-state index < -0.39 is 17.3 Å². The van der Waals surface area contributed by atoms with Gasteiger partial charge in [0.05, 0.1) is 12.5 Å². The Morgan fingerprint density at radius 1 is 1.20 bits per heavy atom. The maximum Gasteiger partial charge on any atom is 0.318 e. The molecule has 40 heavy (non-hydrogen) atoms. The Balaban J connectivity index is 0.000000523. The van der Waals surface area contributed by atoms with E-state index >= 15 is 4.39 Å². The van der Waals surface area contributed by atoms with Crippen LogP contribution in [-0.4, -0.2) is 70.8 Å². The van der Waals surface area contributed by atoms with E-state index in [1.54, 1.807) is 6.07 Å². The molecule has 2 bridgehead atoms. The van der Waals surface area contributed by atoms with Gasteiger partial charge in [0.1, 0.15) is 28.3 Å². The van der Waals surface area contributed by atoms with E-state index in [1.807, 2.05) is 29.2 Å². The highest BCUT2D eigenvalue weighted by Crippen LogP contribution is 2.38. The monoisotopic (exact) mass is 545 g/mol. The number of rotatable bonds is 4. The van der Waals surface area contributed by atoms with Gasteiger partial charge in [0.25, 0.3) is 0 Å². The fourth-order valence-electron chi connectivity index (χ4n) is 5.96. The summed E-state index contributed by atoms with van der Waals surface area (Å²) in [6, 6.07) is 10.6. The van der Waals surface area contributed by atoms with Crippen molar-refractivity contribution in [2.24, 2.45) is 5.73 Å². The number of ether oxygens (including phenoxy) is 1. The molecule has 2 unspecified atom stereocenters. The summed E-state index contributed by atoms with van der Waals surface area (Å²) in [5.74, 6) is -0.626. The second-order valence-electron chi connectivity index (χ2n) is 10.6. The van der Waals surface area contributed by atoms with Gasteiger partial charge in [-0.25, -0.2) is 4.39 Å². The fraction of sp³-hybridized carbons (Fsp3) is 0.379. The van der Waals surface area contributed by atoms with Crippen molar-refractivity contribution in [1.82, 2.24) is 25.6 Å². The number of anilines is 1. The minimum atomic E-state index is -0.861. The van der Waals surface area contributed by atoms with E-state index in [9.17, 15) is 9.90 Å². The number of phenols is 1. The second-order valence-corrected chi connectivity index (χ2v) is 10.6. The summed E-state index contributed by atoms with van der Waals surface area (Å²) in [6.07, 6.45) is 5.74. The molecule has 3 saturated heterocycles. The molecule has 5 N–H and O–H groups in total. The number of fused-ring (bicyclic) bond motifs is 4. The van der Waals surface area contributed by atoms with Gasteiger partial charge in [-0.05, 0) is 61.7 Å². The van der Waals surface area contributed by atoms with Crippen LogP contribution in [0, 0.1) is 5.82 Å². The van der Waals surface area contributed by atoms with Crippen LogP contribution in [-0.2, 0) is 4.79 Å². The van der Waals surface area contributed by atoms with Crippen molar-refractivity contribution in [1.29, 1.82) is 0 Å². The van der Waals surface area contributed by atoms with Crippen molar-refractivity contribution in [2.45, 2.75) is 37.3 Å². The lowest BCUT2D eigenvalue weighted by atomic mass is 9.96. The highest BCUT2D eigenvalue weighted by atomic mass is 19.1. The molecule has 208 valence electrons. The van der Waals surface area contributed by atoms with Gasteiger partial charge in [-0.3, -0.25) is 15.1 Å². The van der Waals surface area contributed by atoms with Gasteiger partial charge in [-0.1, -0.05) is 24.3 Å². The SMILES string of the molecule is C1CCNC1.COc1nc(N2CC3CCC(C(N)=O)(C2)N3)c2cnc(-c3cc(O)cc4ccccc34)c(F)c2n1. The highest BCUT2D eigenvalue weighted by Gasteiger charge is 2.49. The zero-order valence-corrected chi connectivity index (χ0v) is 22.3. The van der Waals surface area contributed by atoms with Gasteiger partial charge in [0.2, 0.25) is 5.91 Å². The Hall–Kier alpha value is -4.09. The van der Waals surface area contributed by atoms with Crippen molar-refractivity contribution in [3.05, 3.63) is 48.4 Å². The van der Waals surface area contributed by atoms with Crippen molar-refractivity contribution in [3.63, 3.8) is 0 Å². The third-order valence-corrected chi connectivity index (χ3v) is 7.96. The zero-order chi connectivity index (χ0) is 27.9. The van der Waals surface area contributed by atoms with E-state index in [0.29, 0.717) is 36.3 Å². The first-order valence-electron chi connectivity index (χ1n) is 13.5. The lowest BCUT2D eigenvalue weighted by Crippen LogP contribution is -2.65. The molecule has 1 amide bonds. The number of halogens is 1. The standard InChI is InChI=1S/C25H23FN6O3.C4H9N/c1-35-24-29-21-18(22(30-24)32-11-14-6-7-25(12-32,31-14)23(27)34)10-28-20(19(21)26)17-9-15(33)8-13-4-2-3-5-16(13)17;1-2-4-5-3-1/h2-5,8-10,14,31,33H,6-7,11-12H2,1H3,(H2,27,34);5H,1-4H2. The molecule has 11 heteroatoms. The van der Waals surface area contributed by atoms with E-state index in [-0.39, 0.29) is 29.0 Å². The molecule has 3 aliphatic rings. The van der Waals surface area contributed by atoms with Crippen LogP contribution in [0.4, 0.5) is 10.2 Å². The largest absolute Gasteiger partial charge is 0.508 e. The van der Waals surface area contributed by atoms with Crippen LogP contribution in [0.2, 0.25) is 0 Å². The Morgan fingerprint density at radius 3 is 2.73 bits per heavy atom. The molecule has 0 spiro atoms. The van der Waals surface area contributed by atoms with Crippen molar-refractivity contribution in [3.8, 4) is 23.0 Å². The average Bonchev–Trinajstić information content (AvgIpc) is 3.65. The summed E-state index contributed by atoms with van der Waals surface area (Å²) < 4.78 is 21.4. The van der Waals surface area contributed by atoms with Crippen molar-refractivity contribution >= 4 is 33.4 Å². The molecular formula is C29H32FN7O3. The molecule has 3 aliphatic heterocycles. The molecule has 0 saturated carbocycles. The first-order valence-corrected chi connectivity index (χ1v) is 13.5. The normalized spacial score (nSPS) is 21.9. The molecule has 2 aromatic carbocycles. The molecular weight excluding hydrogens is 513 g/mol. The van der Waals surface area contributed by atoms with Gasteiger partial charge in [0.15, 0.2) is 5.82 Å². The van der Waals surface area contributed by atoms with E-state index in [1.165, 1.54) is 45.3 Å². The van der Waals surface area contributed by atoms with Crippen LogP contribution in [0.25, 0.3) is 32.9 Å². The molecule has 4 aromatic rings. The Kier molecular flexibility index (Phi) is 6.85. The number of primary amides is 1. The number of hydrogen-bond donors (Lipinski definition) is 4. The number of methoxy groups -OCH3 is 1. The number of amides is 1. The van der Waals surface area contributed by atoms with E-state index in [0.717, 1.165) is 17.2 Å². The van der Waals surface area contributed by atoms with Crippen molar-refractivity contribution in [2.75, 3.05) is 38.2 Å². The number of carbonyl (C=O) groups is 1. The molecule has 3 fully saturated rings. The van der Waals surface area contributed by atoms with Crippen LogP contribution < -0.4 is 26.0 Å². The molecule has 10 nitrogen and oxygen atoms in total. The summed E-state index contributed by atoms with van der Waals surface area (Å²) in [6.45, 7) is 3.37. The second kappa shape index (κ2) is 10.5. The number of nitrogens with zero attached hydrogens (tertiary/aromatic N) is 4. The number of hydrogen-bond acceptors (Lipinski definition) is 9. The van der Waals surface area contributed by atoms with Gasteiger partial charge in [-0.2, -0.15) is 9.97 Å². The van der Waals surface area contributed by atoms with Crippen LogP contribution in [0.5, 0.6) is 11.8 Å². The minimum absolute atomic E-state index is 0.00308. The maximum atomic E-state index is 16.1. The number of pyridine rings is 1. The quantitative estimate of drug-likeness (QED) is 0.305. The first kappa shape index (κ1) is 26.1. The predicted octanol–water partition coefficient (Wildman–Crippen LogP) is 2.86. The van der Waals surface area contributed by atoms with Crippen LogP contribution >= 0.6 is 0 Å². The summed E-state index contributed by atoms with van der Waals surface area (Å²) in [5.41, 5.74) is 5.43. The summed E-state index contributed by atoms with van der Waals surface area (Å²) in [5, 5.41) is 18.7. The number of piperazine rings is 1. The van der Waals surface area contributed by atoms with Crippen LogP contribution in [0.1, 0.15) is 25.7 Å². The molecule has 2 atom stereocenters. The Labute approximate surface area is 230 Å². The number of benzene rings is 2. The Bertz CT molecular complexity index is 1590. The van der Waals surface area contributed by atoms with Gasteiger partial charge >= 0.3 is 6.01 Å². The molecule has 0 radical (unpaired) electrons. The molecule has 2 aromatic heterocycles. The van der Waals surface area contributed by atoms with Crippen LogP contribution in [0.15, 0.2) is 42.6 Å². The average molecular weight is 546 g/mol.